The number of nitrogens with two attached hydrogens (primary N) is 1. The summed E-state index contributed by atoms with van der Waals surface area (Å²) in [5, 5.41) is 45.4. The van der Waals surface area contributed by atoms with Gasteiger partial charge in [0.25, 0.3) is 11.8 Å². The Hall–Kier alpha value is -3.35. The highest BCUT2D eigenvalue weighted by atomic mass is 19.3. The number of amides is 1. The topological polar surface area (TPSA) is 165 Å². The molecule has 0 aromatic heterocycles. The van der Waals surface area contributed by atoms with Crippen LogP contribution in [0.3, 0.4) is 0 Å². The summed E-state index contributed by atoms with van der Waals surface area (Å²) in [6.07, 6.45) is 0.122. The second-order valence-electron chi connectivity index (χ2n) is 11.8. The van der Waals surface area contributed by atoms with Gasteiger partial charge in [-0.05, 0) is 50.4 Å². The van der Waals surface area contributed by atoms with Crippen molar-refractivity contribution in [3.8, 4) is 5.75 Å². The third-order valence-electron chi connectivity index (χ3n) is 9.26. The van der Waals surface area contributed by atoms with E-state index < -0.39 is 64.0 Å². The summed E-state index contributed by atoms with van der Waals surface area (Å²) >= 11 is 0. The fraction of sp³-hybridized carbons (Fsp3) is 0.552. The number of ketones is 2. The number of halogens is 2. The van der Waals surface area contributed by atoms with Gasteiger partial charge in [0, 0.05) is 49.5 Å². The van der Waals surface area contributed by atoms with Crippen LogP contribution < -0.4 is 5.73 Å². The number of Topliss-reactive ketones (excluding diaryl/α,β-unsaturated/α-hetero) is 2. The Morgan fingerprint density at radius 1 is 1.15 bits per heavy atom. The Kier molecular flexibility index (Phi) is 7.03. The smallest absolute Gasteiger partial charge is 0.255 e. The number of phenolic OH excluding ortho intramolecular Hbond substituents is 1. The minimum Gasteiger partial charge on any atom is -0.510 e. The minimum atomic E-state index is -2.74. The predicted octanol–water partition coefficient (Wildman–Crippen LogP) is 1.91. The molecule has 4 aliphatic rings. The molecule has 0 spiro atoms. The largest absolute Gasteiger partial charge is 0.510 e. The minimum absolute atomic E-state index is 0.0133. The third-order valence-corrected chi connectivity index (χ3v) is 9.26. The number of fused-ring (bicyclic) bond motifs is 3. The first-order valence-corrected chi connectivity index (χ1v) is 13.8. The van der Waals surface area contributed by atoms with E-state index in [9.17, 15) is 43.6 Å². The number of alkyl halides is 2. The molecule has 0 unspecified atom stereocenters. The van der Waals surface area contributed by atoms with Gasteiger partial charge >= 0.3 is 0 Å². The highest BCUT2D eigenvalue weighted by Crippen LogP contribution is 2.53. The summed E-state index contributed by atoms with van der Waals surface area (Å²) in [5.41, 5.74) is 3.28. The van der Waals surface area contributed by atoms with Crippen molar-refractivity contribution in [3.05, 3.63) is 51.0 Å². The molecule has 1 fully saturated rings. The lowest BCUT2D eigenvalue weighted by Gasteiger charge is -2.50. The molecule has 4 atom stereocenters. The van der Waals surface area contributed by atoms with Gasteiger partial charge in [-0.1, -0.05) is 13.0 Å². The summed E-state index contributed by atoms with van der Waals surface area (Å²) in [6, 6.07) is 0.723. The third kappa shape index (κ3) is 4.34. The number of piperidine rings is 1. The van der Waals surface area contributed by atoms with Crippen LogP contribution in [0.2, 0.25) is 0 Å². The fourth-order valence-corrected chi connectivity index (χ4v) is 7.17. The molecule has 0 bridgehead atoms. The van der Waals surface area contributed by atoms with Crippen LogP contribution >= 0.6 is 0 Å². The van der Waals surface area contributed by atoms with Gasteiger partial charge in [0.1, 0.15) is 22.8 Å². The van der Waals surface area contributed by atoms with Gasteiger partial charge in [-0.25, -0.2) is 8.78 Å². The van der Waals surface area contributed by atoms with Gasteiger partial charge in [-0.2, -0.15) is 0 Å². The number of allylic oxidation sites excluding steroid dienone is 1. The standard InChI is InChI=1S/C29H35F2N3O7/c1-4-13-9-15(12-34-7-5-28(30,31)6-8-34)22(35)19-16(13)10-14-11-17-21(33(2)3)24(37)20(27(32)40)26(39)29(17,41)25(38)18(14)23(19)36/h9,14,17,21,35,37-38,41H,4-8,10-12H2,1-3H3,(H2,32,40)/t14-,17-,21-,29-/m0/s1. The zero-order valence-electron chi connectivity index (χ0n) is 23.2. The first kappa shape index (κ1) is 29.2. The van der Waals surface area contributed by atoms with Gasteiger partial charge in [0.2, 0.25) is 5.78 Å². The zero-order valence-corrected chi connectivity index (χ0v) is 23.2. The fourth-order valence-electron chi connectivity index (χ4n) is 7.17. The number of hydrogen-bond donors (Lipinski definition) is 5. The van der Waals surface area contributed by atoms with Crippen LogP contribution in [0, 0.1) is 11.8 Å². The number of likely N-dealkylation sites (N-methyl/N-ethyl adjacent to an activating group) is 1. The molecule has 1 aromatic rings. The predicted molar refractivity (Wildman–Crippen MR) is 143 cm³/mol. The highest BCUT2D eigenvalue weighted by molar-refractivity contribution is 6.24. The number of likely N-dealkylation sites (tertiary alicyclic amines) is 1. The van der Waals surface area contributed by atoms with E-state index in [2.05, 4.69) is 0 Å². The van der Waals surface area contributed by atoms with Gasteiger partial charge < -0.3 is 26.2 Å². The molecule has 12 heteroatoms. The molecule has 1 saturated heterocycles. The Bertz CT molecular complexity index is 1410. The second kappa shape index (κ2) is 9.88. The average Bonchev–Trinajstić information content (AvgIpc) is 2.88. The number of aryl methyl sites for hydroxylation is 1. The average molecular weight is 576 g/mol. The number of aliphatic hydroxyl groups is 3. The van der Waals surface area contributed by atoms with Crippen LogP contribution in [0.25, 0.3) is 0 Å². The van der Waals surface area contributed by atoms with Crippen molar-refractivity contribution in [1.82, 2.24) is 9.80 Å². The number of rotatable bonds is 5. The van der Waals surface area contributed by atoms with E-state index in [1.54, 1.807) is 25.1 Å². The molecule has 3 aliphatic carbocycles. The maximum absolute atomic E-state index is 14.0. The van der Waals surface area contributed by atoms with Gasteiger partial charge in [0.05, 0.1) is 11.6 Å². The molecule has 1 amide bonds. The molecule has 0 saturated carbocycles. The highest BCUT2D eigenvalue weighted by Gasteiger charge is 2.63. The molecule has 5 rings (SSSR count). The van der Waals surface area contributed by atoms with Gasteiger partial charge in [-0.15, -0.1) is 0 Å². The van der Waals surface area contributed by atoms with Gasteiger partial charge in [-0.3, -0.25) is 24.2 Å². The van der Waals surface area contributed by atoms with E-state index in [0.29, 0.717) is 17.5 Å². The van der Waals surface area contributed by atoms with E-state index in [1.807, 2.05) is 6.92 Å². The van der Waals surface area contributed by atoms with Crippen molar-refractivity contribution in [1.29, 1.82) is 0 Å². The number of hydrogen-bond acceptors (Lipinski definition) is 9. The van der Waals surface area contributed by atoms with E-state index in [1.165, 1.54) is 4.90 Å². The normalized spacial score (nSPS) is 29.9. The molecule has 1 heterocycles. The number of benzene rings is 1. The lowest BCUT2D eigenvalue weighted by molar-refractivity contribution is -0.148. The number of carbonyl (C=O) groups is 3. The number of nitrogens with zero attached hydrogens (tertiary/aromatic N) is 2. The maximum atomic E-state index is 14.0. The molecule has 0 radical (unpaired) electrons. The van der Waals surface area contributed by atoms with E-state index in [-0.39, 0.29) is 62.2 Å². The molecule has 1 aliphatic heterocycles. The lowest BCUT2D eigenvalue weighted by atomic mass is 9.58. The molecular formula is C29H35F2N3O7. The molecule has 10 nitrogen and oxygen atoms in total. The van der Waals surface area contributed by atoms with Crippen LogP contribution in [0.4, 0.5) is 8.78 Å². The summed E-state index contributed by atoms with van der Waals surface area (Å²) in [4.78, 5) is 42.9. The molecule has 1 aromatic carbocycles. The van der Waals surface area contributed by atoms with Gasteiger partial charge in [0.15, 0.2) is 11.4 Å². The number of aliphatic hydroxyl groups excluding tert-OH is 2. The van der Waals surface area contributed by atoms with Crippen LogP contribution in [0.1, 0.15) is 53.2 Å². The monoisotopic (exact) mass is 575 g/mol. The number of primary amides is 1. The van der Waals surface area contributed by atoms with Crippen molar-refractivity contribution in [2.45, 2.75) is 63.1 Å². The molecular weight excluding hydrogens is 540 g/mol. The second-order valence-corrected chi connectivity index (χ2v) is 11.8. The van der Waals surface area contributed by atoms with Crippen molar-refractivity contribution in [2.75, 3.05) is 27.2 Å². The van der Waals surface area contributed by atoms with Crippen molar-refractivity contribution in [3.63, 3.8) is 0 Å². The summed E-state index contributed by atoms with van der Waals surface area (Å²) < 4.78 is 27.4. The van der Waals surface area contributed by atoms with Crippen LogP contribution in [0.15, 0.2) is 28.7 Å². The quantitative estimate of drug-likeness (QED) is 0.330. The first-order valence-electron chi connectivity index (χ1n) is 13.8. The molecule has 6 N–H and O–H groups in total. The molecule has 222 valence electrons. The SMILES string of the molecule is CCc1cc(CN2CCC(F)(F)CC2)c(O)c2c1C[C@H]1C[C@H]3[C@H](N(C)C)C(O)=C(C(N)=O)C(=O)[C@@]3(O)C(O)=C1C2=O. The van der Waals surface area contributed by atoms with Crippen LogP contribution in [0.5, 0.6) is 5.75 Å². The van der Waals surface area contributed by atoms with Crippen molar-refractivity contribution < 1.29 is 43.6 Å². The molecule has 41 heavy (non-hydrogen) atoms. The van der Waals surface area contributed by atoms with Crippen LogP contribution in [-0.2, 0) is 29.0 Å². The van der Waals surface area contributed by atoms with E-state index >= 15 is 0 Å². The summed E-state index contributed by atoms with van der Waals surface area (Å²) in [7, 11) is 3.15. The van der Waals surface area contributed by atoms with E-state index in [0.717, 1.165) is 5.56 Å². The van der Waals surface area contributed by atoms with Crippen molar-refractivity contribution >= 4 is 17.5 Å². The number of aromatic hydroxyl groups is 1. The number of carbonyl (C=O) groups excluding carboxylic acids is 3. The van der Waals surface area contributed by atoms with Crippen LogP contribution in [-0.4, -0.2) is 92.4 Å². The lowest BCUT2D eigenvalue weighted by Crippen LogP contribution is -2.63. The Morgan fingerprint density at radius 2 is 1.78 bits per heavy atom. The first-order chi connectivity index (χ1) is 19.1. The summed E-state index contributed by atoms with van der Waals surface area (Å²) in [5.74, 6) is -9.67. The Labute approximate surface area is 235 Å². The van der Waals surface area contributed by atoms with Crippen molar-refractivity contribution in [2.24, 2.45) is 17.6 Å². The maximum Gasteiger partial charge on any atom is 0.255 e. The Balaban J connectivity index is 1.61. The number of phenols is 1. The zero-order chi connectivity index (χ0) is 30.2. The summed E-state index contributed by atoms with van der Waals surface area (Å²) in [6.45, 7) is 2.28. The van der Waals surface area contributed by atoms with E-state index in [4.69, 9.17) is 5.73 Å². The Morgan fingerprint density at radius 3 is 2.34 bits per heavy atom.